The molecule has 0 saturated carbocycles. The third kappa shape index (κ3) is 4.01. The Labute approximate surface area is 158 Å². The molecule has 0 amide bonds. The van der Waals surface area contributed by atoms with Crippen LogP contribution in [0.25, 0.3) is 11.0 Å². The molecule has 1 saturated heterocycles. The minimum atomic E-state index is -0.135. The summed E-state index contributed by atoms with van der Waals surface area (Å²) in [6.45, 7) is 2.09. The highest BCUT2D eigenvalue weighted by molar-refractivity contribution is 5.87. The molecule has 142 valence electrons. The number of ether oxygens (including phenoxy) is 1. The third-order valence-corrected chi connectivity index (χ3v) is 4.86. The Hall–Kier alpha value is -2.71. The zero-order valence-electron chi connectivity index (χ0n) is 15.4. The lowest BCUT2D eigenvalue weighted by Gasteiger charge is -2.24. The number of nitrogens with one attached hydrogen (secondary N) is 2. The second kappa shape index (κ2) is 7.89. The van der Waals surface area contributed by atoms with Gasteiger partial charge in [-0.25, -0.2) is 0 Å². The molecule has 1 aromatic carbocycles. The largest absolute Gasteiger partial charge is 0.381 e. The predicted octanol–water partition coefficient (Wildman–Crippen LogP) is 2.07. The standard InChI is InChI=1S/C19H25N7O/c1-26-18-15(11-22-26)17(23-14-7-9-27-10-8-14)24-19(25-18)21-12-16(20)13-5-3-2-4-6-13/h2-6,11,14,16H,7-10,12,20H2,1H3,(H2,21,23,24,25). The number of fused-ring (bicyclic) bond motifs is 1. The molecule has 8 heteroatoms. The van der Waals surface area contributed by atoms with Crippen molar-refractivity contribution in [1.29, 1.82) is 0 Å². The monoisotopic (exact) mass is 367 g/mol. The van der Waals surface area contributed by atoms with Gasteiger partial charge in [0.25, 0.3) is 0 Å². The normalized spacial score (nSPS) is 16.4. The molecular formula is C19H25N7O. The first-order valence-electron chi connectivity index (χ1n) is 9.29. The van der Waals surface area contributed by atoms with Crippen LogP contribution in [0.2, 0.25) is 0 Å². The number of aromatic nitrogens is 4. The number of rotatable bonds is 6. The van der Waals surface area contributed by atoms with Crippen molar-refractivity contribution in [2.24, 2.45) is 12.8 Å². The van der Waals surface area contributed by atoms with Crippen LogP contribution < -0.4 is 16.4 Å². The van der Waals surface area contributed by atoms with Crippen LogP contribution in [0.1, 0.15) is 24.4 Å². The average Bonchev–Trinajstić information content (AvgIpc) is 3.09. The fourth-order valence-electron chi connectivity index (χ4n) is 3.27. The van der Waals surface area contributed by atoms with Crippen LogP contribution in [0.3, 0.4) is 0 Å². The van der Waals surface area contributed by atoms with Gasteiger partial charge in [-0.05, 0) is 18.4 Å². The van der Waals surface area contributed by atoms with Crippen molar-refractivity contribution >= 4 is 22.8 Å². The van der Waals surface area contributed by atoms with Crippen molar-refractivity contribution in [3.05, 3.63) is 42.1 Å². The van der Waals surface area contributed by atoms with Gasteiger partial charge in [-0.15, -0.1) is 0 Å². The summed E-state index contributed by atoms with van der Waals surface area (Å²) in [4.78, 5) is 9.30. The molecule has 4 rings (SSSR count). The summed E-state index contributed by atoms with van der Waals surface area (Å²) in [6, 6.07) is 10.2. The van der Waals surface area contributed by atoms with E-state index in [2.05, 4.69) is 20.7 Å². The molecule has 0 aliphatic carbocycles. The molecule has 1 aliphatic heterocycles. The quantitative estimate of drug-likeness (QED) is 0.613. The van der Waals surface area contributed by atoms with Crippen LogP contribution in [0.4, 0.5) is 11.8 Å². The van der Waals surface area contributed by atoms with Gasteiger partial charge in [0.05, 0.1) is 11.6 Å². The molecule has 27 heavy (non-hydrogen) atoms. The molecule has 2 aromatic heterocycles. The van der Waals surface area contributed by atoms with Gasteiger partial charge in [0, 0.05) is 38.9 Å². The maximum atomic E-state index is 6.29. The molecule has 8 nitrogen and oxygen atoms in total. The first kappa shape index (κ1) is 17.7. The molecule has 1 fully saturated rings. The topological polar surface area (TPSA) is 103 Å². The van der Waals surface area contributed by atoms with Gasteiger partial charge in [0.2, 0.25) is 5.95 Å². The summed E-state index contributed by atoms with van der Waals surface area (Å²) in [5.74, 6) is 1.35. The molecular weight excluding hydrogens is 342 g/mol. The molecule has 0 bridgehead atoms. The maximum Gasteiger partial charge on any atom is 0.226 e. The fraction of sp³-hybridized carbons (Fsp3) is 0.421. The van der Waals surface area contributed by atoms with Crippen molar-refractivity contribution in [2.75, 3.05) is 30.4 Å². The van der Waals surface area contributed by atoms with E-state index in [-0.39, 0.29) is 6.04 Å². The first-order chi connectivity index (χ1) is 13.2. The van der Waals surface area contributed by atoms with Crippen LogP contribution in [0.15, 0.2) is 36.5 Å². The summed E-state index contributed by atoms with van der Waals surface area (Å²) in [5, 5.41) is 12.1. The van der Waals surface area contributed by atoms with Crippen LogP contribution >= 0.6 is 0 Å². The molecule has 3 heterocycles. The van der Waals surface area contributed by atoms with Gasteiger partial charge in [0.1, 0.15) is 5.82 Å². The lowest BCUT2D eigenvalue weighted by atomic mass is 10.1. The molecule has 1 unspecified atom stereocenters. The van der Waals surface area contributed by atoms with Gasteiger partial charge in [0.15, 0.2) is 5.65 Å². The minimum Gasteiger partial charge on any atom is -0.381 e. The predicted molar refractivity (Wildman–Crippen MR) is 106 cm³/mol. The maximum absolute atomic E-state index is 6.29. The minimum absolute atomic E-state index is 0.135. The Bertz CT molecular complexity index is 890. The van der Waals surface area contributed by atoms with Crippen molar-refractivity contribution in [1.82, 2.24) is 19.7 Å². The number of nitrogens with two attached hydrogens (primary N) is 1. The van der Waals surface area contributed by atoms with Crippen LogP contribution in [-0.4, -0.2) is 45.5 Å². The third-order valence-electron chi connectivity index (χ3n) is 4.86. The number of nitrogens with zero attached hydrogens (tertiary/aromatic N) is 4. The first-order valence-corrected chi connectivity index (χ1v) is 9.29. The Morgan fingerprint density at radius 2 is 2.00 bits per heavy atom. The molecule has 4 N–H and O–H groups in total. The Balaban J connectivity index is 1.54. The number of hydrogen-bond donors (Lipinski definition) is 3. The summed E-state index contributed by atoms with van der Waals surface area (Å²) in [5.41, 5.74) is 8.15. The zero-order valence-corrected chi connectivity index (χ0v) is 15.4. The van der Waals surface area contributed by atoms with E-state index in [0.717, 1.165) is 48.5 Å². The van der Waals surface area contributed by atoms with E-state index in [0.29, 0.717) is 18.5 Å². The van der Waals surface area contributed by atoms with E-state index in [1.165, 1.54) is 0 Å². The van der Waals surface area contributed by atoms with E-state index in [9.17, 15) is 0 Å². The number of anilines is 2. The van der Waals surface area contributed by atoms with Gasteiger partial charge in [-0.1, -0.05) is 30.3 Å². The van der Waals surface area contributed by atoms with E-state index in [1.807, 2.05) is 37.4 Å². The van der Waals surface area contributed by atoms with E-state index >= 15 is 0 Å². The van der Waals surface area contributed by atoms with Crippen molar-refractivity contribution < 1.29 is 4.74 Å². The Morgan fingerprint density at radius 3 is 2.78 bits per heavy atom. The summed E-state index contributed by atoms with van der Waals surface area (Å²) in [7, 11) is 1.88. The summed E-state index contributed by atoms with van der Waals surface area (Å²) >= 11 is 0. The molecule has 3 aromatic rings. The highest BCUT2D eigenvalue weighted by atomic mass is 16.5. The summed E-state index contributed by atoms with van der Waals surface area (Å²) in [6.07, 6.45) is 3.73. The SMILES string of the molecule is Cn1ncc2c(NC3CCOCC3)nc(NCC(N)c3ccccc3)nc21. The van der Waals surface area contributed by atoms with Gasteiger partial charge >= 0.3 is 0 Å². The number of aryl methyl sites for hydroxylation is 1. The average molecular weight is 367 g/mol. The summed E-state index contributed by atoms with van der Waals surface area (Å²) < 4.78 is 7.20. The van der Waals surface area contributed by atoms with Crippen LogP contribution in [-0.2, 0) is 11.8 Å². The number of hydrogen-bond acceptors (Lipinski definition) is 7. The Morgan fingerprint density at radius 1 is 1.22 bits per heavy atom. The highest BCUT2D eigenvalue weighted by Crippen LogP contribution is 2.24. The van der Waals surface area contributed by atoms with Crippen molar-refractivity contribution in [3.63, 3.8) is 0 Å². The van der Waals surface area contributed by atoms with Crippen molar-refractivity contribution in [2.45, 2.75) is 24.9 Å². The Kier molecular flexibility index (Phi) is 5.17. The lowest BCUT2D eigenvalue weighted by Crippen LogP contribution is -2.28. The molecule has 0 radical (unpaired) electrons. The molecule has 1 aliphatic rings. The van der Waals surface area contributed by atoms with E-state index < -0.39 is 0 Å². The number of benzene rings is 1. The highest BCUT2D eigenvalue weighted by Gasteiger charge is 2.18. The van der Waals surface area contributed by atoms with E-state index in [1.54, 1.807) is 10.9 Å². The van der Waals surface area contributed by atoms with E-state index in [4.69, 9.17) is 15.5 Å². The fourth-order valence-corrected chi connectivity index (χ4v) is 3.27. The second-order valence-electron chi connectivity index (χ2n) is 6.83. The molecule has 1 atom stereocenters. The van der Waals surface area contributed by atoms with Crippen molar-refractivity contribution in [3.8, 4) is 0 Å². The van der Waals surface area contributed by atoms with Gasteiger partial charge in [-0.2, -0.15) is 15.1 Å². The lowest BCUT2D eigenvalue weighted by molar-refractivity contribution is 0.0904. The van der Waals surface area contributed by atoms with Gasteiger partial charge in [-0.3, -0.25) is 4.68 Å². The second-order valence-corrected chi connectivity index (χ2v) is 6.83. The van der Waals surface area contributed by atoms with Crippen LogP contribution in [0, 0.1) is 0 Å². The van der Waals surface area contributed by atoms with Gasteiger partial charge < -0.3 is 21.1 Å². The smallest absolute Gasteiger partial charge is 0.226 e. The van der Waals surface area contributed by atoms with Crippen LogP contribution in [0.5, 0.6) is 0 Å². The zero-order chi connectivity index (χ0) is 18.6. The molecule has 0 spiro atoms.